The van der Waals surface area contributed by atoms with Gasteiger partial charge in [-0.25, -0.2) is 4.39 Å². The van der Waals surface area contributed by atoms with Gasteiger partial charge in [-0.05, 0) is 49.3 Å². The van der Waals surface area contributed by atoms with Gasteiger partial charge in [-0.1, -0.05) is 30.2 Å². The van der Waals surface area contributed by atoms with Crippen molar-refractivity contribution < 1.29 is 13.8 Å². The van der Waals surface area contributed by atoms with Crippen LogP contribution in [-0.4, -0.2) is 35.0 Å². The number of hydrogen-bond acceptors (Lipinski definition) is 7. The van der Waals surface area contributed by atoms with Crippen molar-refractivity contribution in [3.05, 3.63) is 35.4 Å². The van der Waals surface area contributed by atoms with E-state index >= 15 is 0 Å². The molecule has 4 rings (SSSR count). The third-order valence-electron chi connectivity index (χ3n) is 6.05. The van der Waals surface area contributed by atoms with Crippen LogP contribution >= 0.6 is 0 Å². The van der Waals surface area contributed by atoms with Gasteiger partial charge in [0.1, 0.15) is 11.9 Å². The standard InChI is InChI=1S/C22H30FN5O2/c1-14(2)21-25-22(30-27-21)28-11-9-18(10-12-28)29-26-17-6-3-15(4-7-17)16-5-8-20(24)19(23)13-16/h5,8,13-15,18H,3-4,6-7,9-12,24H2,1-2H3. The van der Waals surface area contributed by atoms with Crippen molar-refractivity contribution in [2.45, 2.75) is 70.3 Å². The molecule has 0 radical (unpaired) electrons. The molecule has 0 atom stereocenters. The van der Waals surface area contributed by atoms with Crippen LogP contribution in [0.1, 0.15) is 75.6 Å². The number of rotatable bonds is 5. The predicted molar refractivity (Wildman–Crippen MR) is 114 cm³/mol. The fraction of sp³-hybridized carbons (Fsp3) is 0.591. The summed E-state index contributed by atoms with van der Waals surface area (Å²) in [6.07, 6.45) is 5.56. The lowest BCUT2D eigenvalue weighted by atomic mass is 9.83. The monoisotopic (exact) mass is 415 g/mol. The molecule has 1 aromatic heterocycles. The molecule has 0 amide bonds. The Balaban J connectivity index is 1.23. The molecule has 2 N–H and O–H groups in total. The van der Waals surface area contributed by atoms with E-state index in [0.717, 1.165) is 68.7 Å². The van der Waals surface area contributed by atoms with Gasteiger partial charge in [0, 0.05) is 31.8 Å². The minimum atomic E-state index is -0.331. The molecule has 2 fully saturated rings. The fourth-order valence-corrected chi connectivity index (χ4v) is 4.06. The molecule has 1 aromatic carbocycles. The maximum Gasteiger partial charge on any atom is 0.324 e. The van der Waals surface area contributed by atoms with E-state index < -0.39 is 0 Å². The first-order valence-electron chi connectivity index (χ1n) is 10.8. The van der Waals surface area contributed by atoms with E-state index in [1.165, 1.54) is 0 Å². The lowest BCUT2D eigenvalue weighted by Crippen LogP contribution is -2.36. The van der Waals surface area contributed by atoms with Gasteiger partial charge in [0.2, 0.25) is 0 Å². The van der Waals surface area contributed by atoms with Gasteiger partial charge in [-0.3, -0.25) is 0 Å². The van der Waals surface area contributed by atoms with Gasteiger partial charge in [0.05, 0.1) is 11.4 Å². The van der Waals surface area contributed by atoms with Crippen molar-refractivity contribution in [3.8, 4) is 0 Å². The summed E-state index contributed by atoms with van der Waals surface area (Å²) in [5.41, 5.74) is 7.91. The first-order valence-corrected chi connectivity index (χ1v) is 10.8. The summed E-state index contributed by atoms with van der Waals surface area (Å²) < 4.78 is 19.1. The Morgan fingerprint density at radius 1 is 1.20 bits per heavy atom. The molecule has 30 heavy (non-hydrogen) atoms. The average Bonchev–Trinajstić information content (AvgIpc) is 3.26. The molecule has 162 valence electrons. The third kappa shape index (κ3) is 4.74. The first kappa shape index (κ1) is 20.6. The third-order valence-corrected chi connectivity index (χ3v) is 6.05. The van der Waals surface area contributed by atoms with Gasteiger partial charge in [0.25, 0.3) is 0 Å². The molecule has 2 aromatic rings. The molecule has 8 heteroatoms. The second-order valence-corrected chi connectivity index (χ2v) is 8.59. The SMILES string of the molecule is CC(C)c1noc(N2CCC(ON=C3CCC(c4ccc(N)c(F)c4)CC3)CC2)n1. The number of nitrogen functional groups attached to an aromatic ring is 1. The smallest absolute Gasteiger partial charge is 0.324 e. The number of hydrogen-bond donors (Lipinski definition) is 1. The molecule has 7 nitrogen and oxygen atoms in total. The van der Waals surface area contributed by atoms with E-state index in [1.807, 2.05) is 6.07 Å². The molecule has 0 unspecified atom stereocenters. The Bertz CT molecular complexity index is 879. The van der Waals surface area contributed by atoms with E-state index in [0.29, 0.717) is 11.9 Å². The summed E-state index contributed by atoms with van der Waals surface area (Å²) >= 11 is 0. The first-order chi connectivity index (χ1) is 14.5. The van der Waals surface area contributed by atoms with Crippen LogP contribution in [-0.2, 0) is 4.84 Å². The van der Waals surface area contributed by atoms with Crippen LogP contribution in [0.3, 0.4) is 0 Å². The summed E-state index contributed by atoms with van der Waals surface area (Å²) in [7, 11) is 0. The molecule has 1 saturated heterocycles. The van der Waals surface area contributed by atoms with Gasteiger partial charge in [-0.2, -0.15) is 4.98 Å². The number of oxime groups is 1. The molecule has 0 spiro atoms. The van der Waals surface area contributed by atoms with E-state index in [1.54, 1.807) is 12.1 Å². The van der Waals surface area contributed by atoms with Crippen molar-refractivity contribution in [2.24, 2.45) is 5.16 Å². The minimum Gasteiger partial charge on any atom is -0.396 e. The Kier molecular flexibility index (Phi) is 6.20. The summed E-state index contributed by atoms with van der Waals surface area (Å²) in [5, 5.41) is 8.48. The number of anilines is 2. The Labute approximate surface area is 176 Å². The van der Waals surface area contributed by atoms with E-state index in [4.69, 9.17) is 15.1 Å². The molecule has 1 saturated carbocycles. The maximum absolute atomic E-state index is 13.7. The Morgan fingerprint density at radius 3 is 2.57 bits per heavy atom. The van der Waals surface area contributed by atoms with Crippen molar-refractivity contribution >= 4 is 17.4 Å². The zero-order valence-corrected chi connectivity index (χ0v) is 17.7. The highest BCUT2D eigenvalue weighted by atomic mass is 19.1. The van der Waals surface area contributed by atoms with E-state index in [9.17, 15) is 4.39 Å². The van der Waals surface area contributed by atoms with E-state index in [2.05, 4.69) is 34.0 Å². The molecule has 1 aliphatic heterocycles. The second kappa shape index (κ2) is 9.02. The Morgan fingerprint density at radius 2 is 1.93 bits per heavy atom. The summed E-state index contributed by atoms with van der Waals surface area (Å²) in [4.78, 5) is 12.4. The van der Waals surface area contributed by atoms with Crippen LogP contribution in [0.4, 0.5) is 16.1 Å². The zero-order valence-electron chi connectivity index (χ0n) is 17.7. The van der Waals surface area contributed by atoms with Crippen molar-refractivity contribution in [1.82, 2.24) is 10.1 Å². The van der Waals surface area contributed by atoms with Crippen LogP contribution < -0.4 is 10.6 Å². The number of benzene rings is 1. The van der Waals surface area contributed by atoms with Gasteiger partial charge < -0.3 is 20.0 Å². The lowest BCUT2D eigenvalue weighted by molar-refractivity contribution is 0.0401. The highest BCUT2D eigenvalue weighted by molar-refractivity contribution is 5.84. The zero-order chi connectivity index (χ0) is 21.1. The summed E-state index contributed by atoms with van der Waals surface area (Å²) in [6, 6.07) is 5.76. The van der Waals surface area contributed by atoms with Gasteiger partial charge in [0.15, 0.2) is 5.82 Å². The lowest BCUT2D eigenvalue weighted by Gasteiger charge is -2.29. The predicted octanol–water partition coefficient (Wildman–Crippen LogP) is 4.61. The van der Waals surface area contributed by atoms with Crippen LogP contribution in [0.5, 0.6) is 0 Å². The highest BCUT2D eigenvalue weighted by Crippen LogP contribution is 2.33. The van der Waals surface area contributed by atoms with Crippen LogP contribution in [0.2, 0.25) is 0 Å². The molecule has 0 bridgehead atoms. The fourth-order valence-electron chi connectivity index (χ4n) is 4.06. The minimum absolute atomic E-state index is 0.116. The van der Waals surface area contributed by atoms with Crippen molar-refractivity contribution in [3.63, 3.8) is 0 Å². The summed E-state index contributed by atoms with van der Waals surface area (Å²) in [6.45, 7) is 5.74. The number of aromatic nitrogens is 2. The highest BCUT2D eigenvalue weighted by Gasteiger charge is 2.25. The quantitative estimate of drug-likeness (QED) is 0.566. The van der Waals surface area contributed by atoms with E-state index in [-0.39, 0.29) is 23.5 Å². The normalized spacial score (nSPS) is 20.6. The van der Waals surface area contributed by atoms with Gasteiger partial charge >= 0.3 is 6.01 Å². The van der Waals surface area contributed by atoms with Crippen LogP contribution in [0.25, 0.3) is 0 Å². The molecule has 2 aliphatic rings. The van der Waals surface area contributed by atoms with Crippen molar-refractivity contribution in [1.29, 1.82) is 0 Å². The molecule has 2 heterocycles. The largest absolute Gasteiger partial charge is 0.396 e. The van der Waals surface area contributed by atoms with Crippen molar-refractivity contribution in [2.75, 3.05) is 23.7 Å². The number of nitrogens with two attached hydrogens (primary N) is 1. The topological polar surface area (TPSA) is 89.8 Å². The Hall–Kier alpha value is -2.64. The average molecular weight is 416 g/mol. The molecular weight excluding hydrogens is 385 g/mol. The van der Waals surface area contributed by atoms with Gasteiger partial charge in [-0.15, -0.1) is 0 Å². The van der Waals surface area contributed by atoms with Crippen LogP contribution in [0, 0.1) is 5.82 Å². The maximum atomic E-state index is 13.7. The molecule has 1 aliphatic carbocycles. The summed E-state index contributed by atoms with van der Waals surface area (Å²) in [5.74, 6) is 1.02. The number of halogens is 1. The number of nitrogens with zero attached hydrogens (tertiary/aromatic N) is 4. The second-order valence-electron chi connectivity index (χ2n) is 8.59. The molecular formula is C22H30FN5O2. The number of piperidine rings is 1. The van der Waals surface area contributed by atoms with Crippen LogP contribution in [0.15, 0.2) is 27.9 Å².